The van der Waals surface area contributed by atoms with Crippen LogP contribution >= 0.6 is 0 Å². The van der Waals surface area contributed by atoms with Gasteiger partial charge in [-0.2, -0.15) is 0 Å². The van der Waals surface area contributed by atoms with Gasteiger partial charge in [0.1, 0.15) is 23.3 Å². The van der Waals surface area contributed by atoms with E-state index in [1.54, 1.807) is 31.9 Å². The number of benzene rings is 2. The van der Waals surface area contributed by atoms with Crippen molar-refractivity contribution >= 4 is 18.1 Å². The molecule has 13 heteroatoms. The lowest BCUT2D eigenvalue weighted by Crippen LogP contribution is -2.52. The smallest absolute Gasteiger partial charge is 0.408 e. The molecule has 2 aliphatic rings. The summed E-state index contributed by atoms with van der Waals surface area (Å²) in [5.74, 6) is 1.77. The van der Waals surface area contributed by atoms with E-state index in [1.807, 2.05) is 6.20 Å². The highest BCUT2D eigenvalue weighted by molar-refractivity contribution is 5.86. The number of ether oxygens (including phenoxy) is 2. The molecule has 282 valence electrons. The van der Waals surface area contributed by atoms with E-state index in [4.69, 9.17) is 14.5 Å². The van der Waals surface area contributed by atoms with Crippen molar-refractivity contribution in [3.63, 3.8) is 0 Å². The van der Waals surface area contributed by atoms with E-state index in [0.29, 0.717) is 25.3 Å². The first-order valence-corrected chi connectivity index (χ1v) is 18.5. The standard InChI is InChI=1S/C40H52N8O5/c1-25(2)33(46-38(50)52-6)23-47-19-8-10-34(47)36-42-22-32(44-36)29-17-13-27(14-18-29)26-11-15-28(16-12-26)31-21-41-35(43-31)24-48-20-7-9-30(37(48)49)45-39(51)53-40(3,4)5/h11-18,21-22,25,30,33-34H,7-10,19-20,23-24H2,1-6H3,(H,41,43)(H,42,44)(H,45,51)(H,46,50)/t30-,33?,34?/m1/s1. The van der Waals surface area contributed by atoms with Gasteiger partial charge in [-0.15, -0.1) is 0 Å². The highest BCUT2D eigenvalue weighted by Crippen LogP contribution is 2.33. The molecule has 0 spiro atoms. The first-order valence-electron chi connectivity index (χ1n) is 18.5. The van der Waals surface area contributed by atoms with Crippen molar-refractivity contribution in [1.29, 1.82) is 0 Å². The number of carbonyl (C=O) groups excluding carboxylic acids is 3. The second-order valence-corrected chi connectivity index (χ2v) is 15.3. The summed E-state index contributed by atoms with van der Waals surface area (Å²) in [5, 5.41) is 5.72. The van der Waals surface area contributed by atoms with E-state index in [-0.39, 0.29) is 23.9 Å². The van der Waals surface area contributed by atoms with Crippen LogP contribution in [0.25, 0.3) is 33.6 Å². The molecular formula is C40H52N8O5. The summed E-state index contributed by atoms with van der Waals surface area (Å²) >= 11 is 0. The van der Waals surface area contributed by atoms with E-state index in [9.17, 15) is 14.4 Å². The van der Waals surface area contributed by atoms with Crippen LogP contribution in [0.2, 0.25) is 0 Å². The summed E-state index contributed by atoms with van der Waals surface area (Å²) in [7, 11) is 1.39. The van der Waals surface area contributed by atoms with Crippen molar-refractivity contribution in [2.24, 2.45) is 5.92 Å². The van der Waals surface area contributed by atoms with Crippen molar-refractivity contribution in [2.45, 2.75) is 90.6 Å². The van der Waals surface area contributed by atoms with Crippen LogP contribution in [0.15, 0.2) is 60.9 Å². The van der Waals surface area contributed by atoms with Crippen LogP contribution in [-0.4, -0.2) is 92.3 Å². The number of alkyl carbamates (subject to hydrolysis) is 2. The fraction of sp³-hybridized carbons (Fsp3) is 0.475. The monoisotopic (exact) mass is 724 g/mol. The Balaban J connectivity index is 1.05. The molecule has 3 amide bonds. The molecule has 4 aromatic rings. The Bertz CT molecular complexity index is 1860. The molecule has 0 aliphatic carbocycles. The third-order valence-corrected chi connectivity index (χ3v) is 9.92. The fourth-order valence-electron chi connectivity index (χ4n) is 7.03. The Hall–Kier alpha value is -5.17. The van der Waals surface area contributed by atoms with Crippen molar-refractivity contribution < 1.29 is 23.9 Å². The zero-order valence-corrected chi connectivity index (χ0v) is 31.6. The molecule has 4 heterocycles. The molecule has 2 saturated heterocycles. The molecule has 2 aliphatic heterocycles. The lowest BCUT2D eigenvalue weighted by molar-refractivity contribution is -0.136. The van der Waals surface area contributed by atoms with Crippen molar-refractivity contribution in [3.8, 4) is 33.6 Å². The molecule has 3 atom stereocenters. The number of imidazole rings is 2. The number of hydrogen-bond acceptors (Lipinski definition) is 8. The minimum atomic E-state index is -0.633. The number of aromatic amines is 2. The molecule has 53 heavy (non-hydrogen) atoms. The SMILES string of the molecule is COC(=O)NC(CN1CCCC1c1ncc(-c2ccc(-c3ccc(-c4cnc(CN5CCC[C@@H](NC(=O)OC(C)(C)C)C5=O)[nH]4)cc3)cc2)[nH]1)C(C)C. The molecule has 0 radical (unpaired) electrons. The van der Waals surface area contributed by atoms with Crippen LogP contribution in [0.3, 0.4) is 0 Å². The van der Waals surface area contributed by atoms with E-state index >= 15 is 0 Å². The van der Waals surface area contributed by atoms with Crippen LogP contribution < -0.4 is 10.6 Å². The summed E-state index contributed by atoms with van der Waals surface area (Å²) in [6.07, 6.45) is 6.16. The number of piperidine rings is 1. The quantitative estimate of drug-likeness (QED) is 0.134. The number of likely N-dealkylation sites (tertiary alicyclic amines) is 2. The number of hydrogen-bond donors (Lipinski definition) is 4. The maximum absolute atomic E-state index is 13.1. The van der Waals surface area contributed by atoms with Gasteiger partial charge in [0.25, 0.3) is 0 Å². The zero-order chi connectivity index (χ0) is 37.7. The Morgan fingerprint density at radius 3 is 2.09 bits per heavy atom. The van der Waals surface area contributed by atoms with Crippen molar-refractivity contribution in [2.75, 3.05) is 26.7 Å². The second kappa shape index (κ2) is 16.2. The first kappa shape index (κ1) is 37.6. The molecule has 4 N–H and O–H groups in total. The Morgan fingerprint density at radius 1 is 0.868 bits per heavy atom. The largest absolute Gasteiger partial charge is 0.453 e. The van der Waals surface area contributed by atoms with E-state index in [2.05, 4.69) is 92.9 Å². The number of amides is 3. The summed E-state index contributed by atoms with van der Waals surface area (Å²) in [6.45, 7) is 12.2. The number of nitrogens with one attached hydrogen (secondary N) is 4. The van der Waals surface area contributed by atoms with E-state index in [0.717, 1.165) is 71.8 Å². The Kier molecular flexibility index (Phi) is 11.5. The average molecular weight is 725 g/mol. The molecule has 2 unspecified atom stereocenters. The van der Waals surface area contributed by atoms with Gasteiger partial charge in [0.2, 0.25) is 5.91 Å². The van der Waals surface area contributed by atoms with E-state index < -0.39 is 23.8 Å². The van der Waals surface area contributed by atoms with Gasteiger partial charge in [-0.3, -0.25) is 9.69 Å². The van der Waals surface area contributed by atoms with Gasteiger partial charge in [-0.25, -0.2) is 19.6 Å². The van der Waals surface area contributed by atoms with Gasteiger partial charge in [-0.05, 0) is 81.2 Å². The summed E-state index contributed by atoms with van der Waals surface area (Å²) in [6, 6.07) is 16.3. The Labute approximate surface area is 311 Å². The average Bonchev–Trinajstić information content (AvgIpc) is 3.91. The molecule has 2 fully saturated rings. The number of carbonyl (C=O) groups is 3. The lowest BCUT2D eigenvalue weighted by Gasteiger charge is -2.32. The summed E-state index contributed by atoms with van der Waals surface area (Å²) < 4.78 is 10.2. The van der Waals surface area contributed by atoms with Crippen LogP contribution in [0, 0.1) is 5.92 Å². The van der Waals surface area contributed by atoms with Gasteiger partial charge in [0.05, 0.1) is 43.5 Å². The van der Waals surface area contributed by atoms with Gasteiger partial charge < -0.3 is 35.0 Å². The molecule has 2 aromatic carbocycles. The topological polar surface area (TPSA) is 158 Å². The molecule has 6 rings (SSSR count). The fourth-order valence-corrected chi connectivity index (χ4v) is 7.03. The predicted molar refractivity (Wildman–Crippen MR) is 203 cm³/mol. The number of aromatic nitrogens is 4. The zero-order valence-electron chi connectivity index (χ0n) is 31.6. The minimum absolute atomic E-state index is 0.0153. The summed E-state index contributed by atoms with van der Waals surface area (Å²) in [4.78, 5) is 57.7. The molecule has 13 nitrogen and oxygen atoms in total. The van der Waals surface area contributed by atoms with Crippen LogP contribution in [-0.2, 0) is 20.8 Å². The second-order valence-electron chi connectivity index (χ2n) is 15.3. The van der Waals surface area contributed by atoms with E-state index in [1.165, 1.54) is 7.11 Å². The van der Waals surface area contributed by atoms with Gasteiger partial charge in [0, 0.05) is 19.1 Å². The summed E-state index contributed by atoms with van der Waals surface area (Å²) in [5.41, 5.74) is 5.45. The maximum Gasteiger partial charge on any atom is 0.408 e. The molecule has 2 aromatic heterocycles. The van der Waals surface area contributed by atoms with Gasteiger partial charge >= 0.3 is 12.2 Å². The van der Waals surface area contributed by atoms with Gasteiger partial charge in [0.15, 0.2) is 0 Å². The third kappa shape index (κ3) is 9.44. The Morgan fingerprint density at radius 2 is 1.47 bits per heavy atom. The predicted octanol–water partition coefficient (Wildman–Crippen LogP) is 6.67. The van der Waals surface area contributed by atoms with Crippen molar-refractivity contribution in [1.82, 2.24) is 40.4 Å². The minimum Gasteiger partial charge on any atom is -0.453 e. The first-order chi connectivity index (χ1) is 25.4. The lowest BCUT2D eigenvalue weighted by atomic mass is 10.0. The molecule has 0 bridgehead atoms. The number of nitrogens with zero attached hydrogens (tertiary/aromatic N) is 4. The highest BCUT2D eigenvalue weighted by Gasteiger charge is 2.33. The molecule has 0 saturated carbocycles. The number of methoxy groups -OCH3 is 1. The maximum atomic E-state index is 13.1. The molecular weight excluding hydrogens is 672 g/mol. The van der Waals surface area contributed by atoms with Crippen LogP contribution in [0.5, 0.6) is 0 Å². The highest BCUT2D eigenvalue weighted by atomic mass is 16.6. The number of rotatable bonds is 11. The van der Waals surface area contributed by atoms with Crippen LogP contribution in [0.4, 0.5) is 9.59 Å². The third-order valence-electron chi connectivity index (χ3n) is 9.92. The number of H-pyrrole nitrogens is 2. The van der Waals surface area contributed by atoms with Crippen LogP contribution in [0.1, 0.15) is 78.0 Å². The van der Waals surface area contributed by atoms with Crippen molar-refractivity contribution in [3.05, 3.63) is 72.6 Å². The normalized spacial score (nSPS) is 18.6. The van der Waals surface area contributed by atoms with Gasteiger partial charge in [-0.1, -0.05) is 62.4 Å².